The molecule has 2 rings (SSSR count). The maximum atomic E-state index is 8.73. The summed E-state index contributed by atoms with van der Waals surface area (Å²) in [5, 5.41) is 8.73. The van der Waals surface area contributed by atoms with E-state index in [2.05, 4.69) is 23.6 Å². The molecule has 4 heteroatoms. The van der Waals surface area contributed by atoms with Crippen LogP contribution in [0, 0.1) is 16.7 Å². The number of hydrogen-bond acceptors (Lipinski definition) is 4. The summed E-state index contributed by atoms with van der Waals surface area (Å²) < 4.78 is 5.46. The van der Waals surface area contributed by atoms with Gasteiger partial charge in [-0.25, -0.2) is 0 Å². The Bertz CT molecular complexity index is 280. The van der Waals surface area contributed by atoms with E-state index < -0.39 is 0 Å². The lowest BCUT2D eigenvalue weighted by molar-refractivity contribution is 0.00660. The van der Waals surface area contributed by atoms with Gasteiger partial charge < -0.3 is 4.74 Å². The number of rotatable bonds is 6. The molecule has 1 heterocycles. The van der Waals surface area contributed by atoms with Gasteiger partial charge in [0.1, 0.15) is 0 Å². The van der Waals surface area contributed by atoms with Gasteiger partial charge in [0.15, 0.2) is 0 Å². The van der Waals surface area contributed by atoms with Gasteiger partial charge in [-0.05, 0) is 36.9 Å². The molecular formula is C13H22N2OS. The Labute approximate surface area is 110 Å². The zero-order valence-corrected chi connectivity index (χ0v) is 11.3. The molecule has 0 atom stereocenters. The zero-order chi connectivity index (χ0) is 12.1. The van der Waals surface area contributed by atoms with E-state index in [1.165, 1.54) is 12.8 Å². The van der Waals surface area contributed by atoms with Gasteiger partial charge in [-0.2, -0.15) is 17.9 Å². The van der Waals surface area contributed by atoms with Gasteiger partial charge in [0.25, 0.3) is 0 Å². The number of nitrogens with zero attached hydrogens (tertiary/aromatic N) is 2. The molecule has 0 aromatic heterocycles. The standard InChI is InChI=1S/C13H22N2OS/c14-6-1-7-15(12-2-3-12)10-13(11-17)4-8-16-9-5-13/h12,17H,1-5,7-11H2. The van der Waals surface area contributed by atoms with E-state index in [4.69, 9.17) is 10.00 Å². The SMILES string of the molecule is N#CCCN(CC1(CS)CCOCC1)C1CC1. The quantitative estimate of drug-likeness (QED) is 0.737. The Morgan fingerprint density at radius 2 is 2.06 bits per heavy atom. The van der Waals surface area contributed by atoms with Gasteiger partial charge in [-0.15, -0.1) is 0 Å². The first-order valence-corrected chi connectivity index (χ1v) is 7.22. The summed E-state index contributed by atoms with van der Waals surface area (Å²) in [6.45, 7) is 3.78. The molecule has 0 bridgehead atoms. The molecule has 1 saturated carbocycles. The van der Waals surface area contributed by atoms with Crippen molar-refractivity contribution in [3.8, 4) is 6.07 Å². The minimum atomic E-state index is 0.319. The van der Waals surface area contributed by atoms with Gasteiger partial charge in [0, 0.05) is 38.8 Å². The van der Waals surface area contributed by atoms with E-state index in [-0.39, 0.29) is 0 Å². The van der Waals surface area contributed by atoms with Gasteiger partial charge in [0.05, 0.1) is 6.07 Å². The van der Waals surface area contributed by atoms with E-state index >= 15 is 0 Å². The molecule has 17 heavy (non-hydrogen) atoms. The summed E-state index contributed by atoms with van der Waals surface area (Å²) in [6, 6.07) is 3.00. The van der Waals surface area contributed by atoms with Gasteiger partial charge in [-0.1, -0.05) is 0 Å². The summed E-state index contributed by atoms with van der Waals surface area (Å²) in [4.78, 5) is 2.52. The summed E-state index contributed by atoms with van der Waals surface area (Å²) in [5.74, 6) is 0.937. The van der Waals surface area contributed by atoms with Crippen molar-refractivity contribution < 1.29 is 4.74 Å². The molecule has 2 fully saturated rings. The van der Waals surface area contributed by atoms with Crippen LogP contribution in [0.4, 0.5) is 0 Å². The number of thiol groups is 1. The Hall–Kier alpha value is -0.240. The second-order valence-corrected chi connectivity index (χ2v) is 5.70. The number of nitriles is 1. The Balaban J connectivity index is 1.92. The van der Waals surface area contributed by atoms with Crippen molar-refractivity contribution in [3.05, 3.63) is 0 Å². The molecular weight excluding hydrogens is 232 g/mol. The number of ether oxygens (including phenoxy) is 1. The normalized spacial score (nSPS) is 23.6. The van der Waals surface area contributed by atoms with Crippen LogP contribution >= 0.6 is 12.6 Å². The molecule has 96 valence electrons. The van der Waals surface area contributed by atoms with E-state index in [1.54, 1.807) is 0 Å². The first-order chi connectivity index (χ1) is 8.29. The van der Waals surface area contributed by atoms with E-state index in [9.17, 15) is 0 Å². The van der Waals surface area contributed by atoms with Crippen molar-refractivity contribution >= 4 is 12.6 Å². The largest absolute Gasteiger partial charge is 0.381 e. The highest BCUT2D eigenvalue weighted by Crippen LogP contribution is 2.36. The van der Waals surface area contributed by atoms with Crippen LogP contribution in [0.1, 0.15) is 32.1 Å². The van der Waals surface area contributed by atoms with Gasteiger partial charge >= 0.3 is 0 Å². The smallest absolute Gasteiger partial charge is 0.0635 e. The van der Waals surface area contributed by atoms with E-state index in [0.717, 1.165) is 50.9 Å². The third-order valence-electron chi connectivity index (χ3n) is 4.00. The minimum Gasteiger partial charge on any atom is -0.381 e. The third-order valence-corrected chi connectivity index (χ3v) is 4.67. The highest BCUT2D eigenvalue weighted by molar-refractivity contribution is 7.80. The van der Waals surface area contributed by atoms with Crippen molar-refractivity contribution in [2.75, 3.05) is 32.1 Å². The van der Waals surface area contributed by atoms with Crippen LogP contribution in [-0.4, -0.2) is 43.0 Å². The van der Waals surface area contributed by atoms with Crippen molar-refractivity contribution in [1.82, 2.24) is 4.90 Å². The van der Waals surface area contributed by atoms with Crippen LogP contribution in [0.2, 0.25) is 0 Å². The second kappa shape index (κ2) is 6.08. The van der Waals surface area contributed by atoms with Crippen LogP contribution in [-0.2, 0) is 4.74 Å². The molecule has 3 nitrogen and oxygen atoms in total. The van der Waals surface area contributed by atoms with E-state index in [0.29, 0.717) is 11.8 Å². The molecule has 0 unspecified atom stereocenters. The lowest BCUT2D eigenvalue weighted by Gasteiger charge is -2.40. The molecule has 0 aromatic carbocycles. The Morgan fingerprint density at radius 1 is 1.35 bits per heavy atom. The lowest BCUT2D eigenvalue weighted by Crippen LogP contribution is -2.44. The van der Waals surface area contributed by atoms with Gasteiger partial charge in [0.2, 0.25) is 0 Å². The molecule has 0 amide bonds. The average Bonchev–Trinajstić information content (AvgIpc) is 3.20. The van der Waals surface area contributed by atoms with E-state index in [1.807, 2.05) is 0 Å². The summed E-state index contributed by atoms with van der Waals surface area (Å²) >= 11 is 4.56. The number of hydrogen-bond donors (Lipinski definition) is 1. The molecule has 1 saturated heterocycles. The van der Waals surface area contributed by atoms with Crippen LogP contribution in [0.25, 0.3) is 0 Å². The average molecular weight is 254 g/mol. The first-order valence-electron chi connectivity index (χ1n) is 6.59. The van der Waals surface area contributed by atoms with Crippen molar-refractivity contribution in [3.63, 3.8) is 0 Å². The summed E-state index contributed by atoms with van der Waals surface area (Å²) in [6.07, 6.45) is 5.50. The molecule has 2 aliphatic rings. The first kappa shape index (κ1) is 13.2. The molecule has 1 aliphatic heterocycles. The maximum Gasteiger partial charge on any atom is 0.0635 e. The highest BCUT2D eigenvalue weighted by Gasteiger charge is 2.37. The van der Waals surface area contributed by atoms with Crippen molar-refractivity contribution in [2.45, 2.75) is 38.1 Å². The predicted molar refractivity (Wildman–Crippen MR) is 71.2 cm³/mol. The molecule has 0 radical (unpaired) electrons. The molecule has 0 spiro atoms. The van der Waals surface area contributed by atoms with Crippen LogP contribution in [0.3, 0.4) is 0 Å². The fourth-order valence-corrected chi connectivity index (χ4v) is 3.04. The van der Waals surface area contributed by atoms with Crippen LogP contribution < -0.4 is 0 Å². The van der Waals surface area contributed by atoms with Crippen LogP contribution in [0.5, 0.6) is 0 Å². The third kappa shape index (κ3) is 3.61. The second-order valence-electron chi connectivity index (χ2n) is 5.38. The molecule has 0 aromatic rings. The topological polar surface area (TPSA) is 36.3 Å². The fraction of sp³-hybridized carbons (Fsp3) is 0.923. The predicted octanol–water partition coefficient (Wildman–Crippen LogP) is 2.09. The maximum absolute atomic E-state index is 8.73. The van der Waals surface area contributed by atoms with Crippen molar-refractivity contribution in [1.29, 1.82) is 5.26 Å². The fourth-order valence-electron chi connectivity index (χ4n) is 2.63. The molecule has 0 N–H and O–H groups in total. The summed E-state index contributed by atoms with van der Waals surface area (Å²) in [5.41, 5.74) is 0.319. The minimum absolute atomic E-state index is 0.319. The van der Waals surface area contributed by atoms with Crippen molar-refractivity contribution in [2.24, 2.45) is 5.41 Å². The highest BCUT2D eigenvalue weighted by atomic mass is 32.1. The Kier molecular flexibility index (Phi) is 4.72. The molecule has 1 aliphatic carbocycles. The summed E-state index contributed by atoms with van der Waals surface area (Å²) in [7, 11) is 0. The van der Waals surface area contributed by atoms with Crippen LogP contribution in [0.15, 0.2) is 0 Å². The monoisotopic (exact) mass is 254 g/mol. The zero-order valence-electron chi connectivity index (χ0n) is 10.4. The Morgan fingerprint density at radius 3 is 2.59 bits per heavy atom. The lowest BCUT2D eigenvalue weighted by atomic mass is 9.81. The van der Waals surface area contributed by atoms with Gasteiger partial charge in [-0.3, -0.25) is 4.90 Å².